The second-order valence-electron chi connectivity index (χ2n) is 7.14. The molecule has 1 saturated heterocycles. The van der Waals surface area contributed by atoms with Gasteiger partial charge in [0.1, 0.15) is 12.1 Å². The molecule has 3 nitrogen and oxygen atoms in total. The highest BCUT2D eigenvalue weighted by Crippen LogP contribution is 2.29. The number of rotatable bonds is 3. The van der Waals surface area contributed by atoms with E-state index in [4.69, 9.17) is 0 Å². The van der Waals surface area contributed by atoms with Crippen LogP contribution in [0.15, 0.2) is 30.3 Å². The molecule has 0 unspecified atom stereocenters. The van der Waals surface area contributed by atoms with Crippen molar-refractivity contribution in [2.24, 2.45) is 5.92 Å². The molecule has 0 aromatic heterocycles. The zero-order chi connectivity index (χ0) is 14.7. The highest BCUT2D eigenvalue weighted by molar-refractivity contribution is 5.46. The van der Waals surface area contributed by atoms with Gasteiger partial charge in [0.15, 0.2) is 0 Å². The predicted octanol–water partition coefficient (Wildman–Crippen LogP) is 0.582. The van der Waals surface area contributed by atoms with Gasteiger partial charge in [-0.2, -0.15) is 0 Å². The van der Waals surface area contributed by atoms with Crippen molar-refractivity contribution in [1.82, 2.24) is 0 Å². The molecule has 21 heavy (non-hydrogen) atoms. The number of nitrogens with zero attached hydrogens (tertiary/aromatic N) is 1. The molecule has 116 valence electrons. The third kappa shape index (κ3) is 3.09. The van der Waals surface area contributed by atoms with Gasteiger partial charge in [0.25, 0.3) is 0 Å². The molecule has 3 rings (SSSR count). The van der Waals surface area contributed by atoms with E-state index < -0.39 is 0 Å². The molecule has 1 aliphatic carbocycles. The Balaban J connectivity index is 1.62. The van der Waals surface area contributed by atoms with Crippen LogP contribution in [-0.4, -0.2) is 38.3 Å². The Bertz CT molecular complexity index is 429. The lowest BCUT2D eigenvalue weighted by molar-refractivity contribution is -0.961. The number of piperazine rings is 1. The highest BCUT2D eigenvalue weighted by Gasteiger charge is 2.45. The average Bonchev–Trinajstić information content (AvgIpc) is 2.57. The summed E-state index contributed by atoms with van der Waals surface area (Å²) in [6, 6.07) is 10.9. The van der Waals surface area contributed by atoms with E-state index >= 15 is 0 Å². The van der Waals surface area contributed by atoms with Crippen molar-refractivity contribution in [3.8, 4) is 0 Å². The number of hydrogen-bond donors (Lipinski definition) is 2. The van der Waals surface area contributed by atoms with E-state index in [0.717, 1.165) is 12.5 Å². The quantitative estimate of drug-likeness (QED) is 0.839. The maximum absolute atomic E-state index is 4.32. The maximum Gasteiger partial charge on any atom is 0.147 e. The fraction of sp³-hybridized carbons (Fsp3) is 0.667. The number of benzene rings is 1. The van der Waals surface area contributed by atoms with Crippen molar-refractivity contribution >= 4 is 5.69 Å². The lowest BCUT2D eigenvalue weighted by atomic mass is 9.75. The molecule has 1 aromatic carbocycles. The second-order valence-corrected chi connectivity index (χ2v) is 7.14. The van der Waals surface area contributed by atoms with Crippen molar-refractivity contribution < 1.29 is 10.6 Å². The van der Waals surface area contributed by atoms with Crippen LogP contribution >= 0.6 is 0 Å². The van der Waals surface area contributed by atoms with Crippen LogP contribution in [0.3, 0.4) is 0 Å². The zero-order valence-electron chi connectivity index (χ0n) is 13.5. The highest BCUT2D eigenvalue weighted by atomic mass is 15.3. The molecule has 2 aliphatic rings. The summed E-state index contributed by atoms with van der Waals surface area (Å²) in [7, 11) is 0. The first-order valence-corrected chi connectivity index (χ1v) is 8.68. The van der Waals surface area contributed by atoms with Crippen LogP contribution in [0.4, 0.5) is 5.69 Å². The van der Waals surface area contributed by atoms with Crippen LogP contribution in [0, 0.1) is 5.92 Å². The van der Waals surface area contributed by atoms with Crippen LogP contribution < -0.4 is 15.5 Å². The summed E-state index contributed by atoms with van der Waals surface area (Å²) >= 11 is 0. The Morgan fingerprint density at radius 1 is 1.14 bits per heavy atom. The van der Waals surface area contributed by atoms with E-state index in [-0.39, 0.29) is 0 Å². The minimum absolute atomic E-state index is 0.481. The summed E-state index contributed by atoms with van der Waals surface area (Å²) in [5.41, 5.74) is 6.19. The largest absolute Gasteiger partial charge is 0.360 e. The first-order valence-electron chi connectivity index (χ1n) is 8.68. The van der Waals surface area contributed by atoms with Gasteiger partial charge in [0, 0.05) is 18.5 Å². The Kier molecular flexibility index (Phi) is 4.51. The van der Waals surface area contributed by atoms with Crippen LogP contribution in [-0.2, 0) is 0 Å². The number of quaternary nitrogens is 2. The Hall–Kier alpha value is -1.06. The standard InChI is InChI=1S/C18H29N3/c1-16-7-9-18(15-19,10-8-16)21-13-11-20(12-14-21)17-5-3-2-4-6-17/h2-6,16H,7-15,19H2,1H3/p+2. The van der Waals surface area contributed by atoms with Gasteiger partial charge in [0.05, 0.1) is 26.2 Å². The summed E-state index contributed by atoms with van der Waals surface area (Å²) in [5, 5.41) is 0. The van der Waals surface area contributed by atoms with Crippen LogP contribution in [0.2, 0.25) is 0 Å². The summed E-state index contributed by atoms with van der Waals surface area (Å²) in [4.78, 5) is 4.38. The van der Waals surface area contributed by atoms with Crippen LogP contribution in [0.1, 0.15) is 32.6 Å². The van der Waals surface area contributed by atoms with Crippen LogP contribution in [0.25, 0.3) is 0 Å². The number of anilines is 1. The number of para-hydroxylation sites is 1. The molecule has 0 amide bonds. The Morgan fingerprint density at radius 3 is 2.33 bits per heavy atom. The zero-order valence-corrected chi connectivity index (χ0v) is 13.5. The average molecular weight is 289 g/mol. The van der Waals surface area contributed by atoms with E-state index in [0.29, 0.717) is 5.54 Å². The molecule has 0 atom stereocenters. The molecule has 4 N–H and O–H groups in total. The summed E-state index contributed by atoms with van der Waals surface area (Å²) in [6.07, 6.45) is 5.58. The normalized spacial score (nSPS) is 31.3. The third-order valence-corrected chi connectivity index (χ3v) is 5.95. The minimum Gasteiger partial charge on any atom is -0.360 e. The lowest BCUT2D eigenvalue weighted by Gasteiger charge is -2.46. The van der Waals surface area contributed by atoms with Gasteiger partial charge in [0.2, 0.25) is 0 Å². The van der Waals surface area contributed by atoms with Gasteiger partial charge >= 0.3 is 0 Å². The Morgan fingerprint density at radius 2 is 1.76 bits per heavy atom. The first-order chi connectivity index (χ1) is 10.2. The van der Waals surface area contributed by atoms with E-state index in [9.17, 15) is 0 Å². The summed E-state index contributed by atoms with van der Waals surface area (Å²) in [6.45, 7) is 8.46. The molecule has 1 aliphatic heterocycles. The monoisotopic (exact) mass is 289 g/mol. The first kappa shape index (κ1) is 14.9. The molecule has 1 heterocycles. The van der Waals surface area contributed by atoms with Crippen molar-refractivity contribution in [3.63, 3.8) is 0 Å². The lowest BCUT2D eigenvalue weighted by Crippen LogP contribution is -3.24. The van der Waals surface area contributed by atoms with E-state index in [1.54, 1.807) is 0 Å². The molecule has 0 bridgehead atoms. The van der Waals surface area contributed by atoms with Crippen molar-refractivity contribution in [3.05, 3.63) is 30.3 Å². The molecular formula is C18H31N3+2. The van der Waals surface area contributed by atoms with E-state index in [1.165, 1.54) is 57.5 Å². The fourth-order valence-corrected chi connectivity index (χ4v) is 4.30. The minimum atomic E-state index is 0.481. The van der Waals surface area contributed by atoms with Crippen molar-refractivity contribution in [2.45, 2.75) is 38.1 Å². The smallest absolute Gasteiger partial charge is 0.147 e. The third-order valence-electron chi connectivity index (χ3n) is 5.95. The van der Waals surface area contributed by atoms with E-state index in [1.807, 2.05) is 4.90 Å². The van der Waals surface area contributed by atoms with Gasteiger partial charge in [-0.25, -0.2) is 0 Å². The van der Waals surface area contributed by atoms with Crippen LogP contribution in [0.5, 0.6) is 0 Å². The molecule has 3 heteroatoms. The van der Waals surface area contributed by atoms with Gasteiger partial charge in [-0.05, 0) is 30.9 Å². The van der Waals surface area contributed by atoms with Gasteiger partial charge in [-0.15, -0.1) is 0 Å². The predicted molar refractivity (Wildman–Crippen MR) is 87.5 cm³/mol. The second kappa shape index (κ2) is 6.37. The van der Waals surface area contributed by atoms with Gasteiger partial charge in [-0.3, -0.25) is 0 Å². The van der Waals surface area contributed by atoms with E-state index in [2.05, 4.69) is 47.9 Å². The number of nitrogens with one attached hydrogen (secondary N) is 1. The maximum atomic E-state index is 4.32. The molecule has 0 spiro atoms. The van der Waals surface area contributed by atoms with Gasteiger partial charge < -0.3 is 15.5 Å². The summed E-state index contributed by atoms with van der Waals surface area (Å²) < 4.78 is 0. The molecule has 2 fully saturated rings. The number of hydrogen-bond acceptors (Lipinski definition) is 1. The SMILES string of the molecule is CC1CCC(C[NH3+])([NH+]2CCN(c3ccccc3)CC2)CC1. The fourth-order valence-electron chi connectivity index (χ4n) is 4.30. The molecule has 1 aromatic rings. The molecule has 1 saturated carbocycles. The van der Waals surface area contributed by atoms with Gasteiger partial charge in [-0.1, -0.05) is 25.1 Å². The van der Waals surface area contributed by atoms with Crippen molar-refractivity contribution in [1.29, 1.82) is 0 Å². The molecule has 0 radical (unpaired) electrons. The van der Waals surface area contributed by atoms with Crippen molar-refractivity contribution in [2.75, 3.05) is 37.6 Å². The summed E-state index contributed by atoms with van der Waals surface area (Å²) in [5.74, 6) is 0.926. The molecular weight excluding hydrogens is 258 g/mol. The topological polar surface area (TPSA) is 35.3 Å². The Labute approximate surface area is 129 Å².